The minimum absolute atomic E-state index is 0. The molecule has 0 aliphatic carbocycles. The molecule has 130 valence electrons. The number of anilines is 1. The number of nitrogens with one attached hydrogen (secondary N) is 1. The Morgan fingerprint density at radius 3 is 2.17 bits per heavy atom. The maximum atomic E-state index is 11.2. The number of benzene rings is 1. The molecular weight excluding hydrogens is 439 g/mol. The predicted molar refractivity (Wildman–Crippen MR) is 105 cm³/mol. The van der Waals surface area contributed by atoms with Crippen LogP contribution in [0.4, 0.5) is 10.8 Å². The van der Waals surface area contributed by atoms with Gasteiger partial charge >= 0.3 is 0 Å². The molecule has 0 bridgehead atoms. The SMILES string of the molecule is CC(=O)Nc1c(Cl)c(Cl)c(-c2csc(N=C(N)N)n2)c(Cl)c1Cl.Cl. The molecule has 0 saturated heterocycles. The highest BCUT2D eigenvalue weighted by atomic mass is 35.5. The second-order valence-electron chi connectivity index (χ2n) is 4.24. The van der Waals surface area contributed by atoms with Gasteiger partial charge in [0.15, 0.2) is 5.96 Å². The minimum Gasteiger partial charge on any atom is -0.370 e. The highest BCUT2D eigenvalue weighted by Gasteiger charge is 2.23. The Bertz CT molecular complexity index is 789. The van der Waals surface area contributed by atoms with Crippen molar-refractivity contribution in [1.82, 2.24) is 4.98 Å². The lowest BCUT2D eigenvalue weighted by atomic mass is 10.1. The first-order valence-electron chi connectivity index (χ1n) is 5.91. The van der Waals surface area contributed by atoms with Crippen LogP contribution in [-0.4, -0.2) is 16.9 Å². The maximum Gasteiger partial charge on any atom is 0.221 e. The number of rotatable bonds is 3. The van der Waals surface area contributed by atoms with Crippen LogP contribution in [0.25, 0.3) is 11.3 Å². The normalized spacial score (nSPS) is 10.0. The van der Waals surface area contributed by atoms with Crippen molar-refractivity contribution >= 4 is 92.8 Å². The lowest BCUT2D eigenvalue weighted by molar-refractivity contribution is -0.114. The van der Waals surface area contributed by atoms with Gasteiger partial charge in [0.2, 0.25) is 11.0 Å². The number of aromatic nitrogens is 1. The highest BCUT2D eigenvalue weighted by molar-refractivity contribution is 7.13. The second-order valence-corrected chi connectivity index (χ2v) is 6.59. The van der Waals surface area contributed by atoms with Gasteiger partial charge in [-0.25, -0.2) is 4.98 Å². The molecule has 0 radical (unpaired) electrons. The van der Waals surface area contributed by atoms with E-state index in [1.807, 2.05) is 0 Å². The van der Waals surface area contributed by atoms with Crippen LogP contribution in [0.3, 0.4) is 0 Å². The second kappa shape index (κ2) is 8.42. The largest absolute Gasteiger partial charge is 0.370 e. The van der Waals surface area contributed by atoms with Gasteiger partial charge in [-0.2, -0.15) is 4.99 Å². The first-order valence-corrected chi connectivity index (χ1v) is 8.30. The van der Waals surface area contributed by atoms with Gasteiger partial charge in [-0.1, -0.05) is 46.4 Å². The van der Waals surface area contributed by atoms with Crippen LogP contribution in [-0.2, 0) is 4.79 Å². The molecule has 1 amide bonds. The summed E-state index contributed by atoms with van der Waals surface area (Å²) in [6.07, 6.45) is 0. The number of aliphatic imine (C=N–C) groups is 1. The molecule has 0 aliphatic heterocycles. The molecule has 2 aromatic rings. The van der Waals surface area contributed by atoms with Gasteiger partial charge in [-0.3, -0.25) is 4.79 Å². The van der Waals surface area contributed by atoms with Crippen LogP contribution >= 0.6 is 70.1 Å². The topological polar surface area (TPSA) is 106 Å². The molecule has 1 aromatic heterocycles. The maximum absolute atomic E-state index is 11.2. The number of carbonyl (C=O) groups excluding carboxylic acids is 1. The van der Waals surface area contributed by atoms with Crippen LogP contribution < -0.4 is 16.8 Å². The summed E-state index contributed by atoms with van der Waals surface area (Å²) >= 11 is 26.1. The Hall–Kier alpha value is -0.960. The van der Waals surface area contributed by atoms with E-state index in [2.05, 4.69) is 15.3 Å². The standard InChI is InChI=1S/C12H9Cl4N5OS.ClH/c1-3(22)19-10-8(15)6(13)5(7(14)9(10)16)4-2-23-12(20-4)21-11(17)18;/h2H,1H3,(H,19,22)(H4,17,18,20,21);1H. The summed E-state index contributed by atoms with van der Waals surface area (Å²) in [7, 11) is 0. The quantitative estimate of drug-likeness (QED) is 0.358. The van der Waals surface area contributed by atoms with E-state index in [0.717, 1.165) is 0 Å². The number of nitrogens with zero attached hydrogens (tertiary/aromatic N) is 2. The third-order valence-electron chi connectivity index (χ3n) is 2.54. The smallest absolute Gasteiger partial charge is 0.221 e. The van der Waals surface area contributed by atoms with Crippen molar-refractivity contribution in [3.05, 3.63) is 25.5 Å². The molecule has 0 aliphatic rings. The zero-order valence-corrected chi connectivity index (χ0v) is 16.5. The first-order chi connectivity index (χ1) is 10.7. The van der Waals surface area contributed by atoms with E-state index in [4.69, 9.17) is 57.9 Å². The third-order valence-corrected chi connectivity index (χ3v) is 4.98. The fourth-order valence-corrected chi connectivity index (χ4v) is 3.52. The van der Waals surface area contributed by atoms with Gasteiger partial charge in [0.1, 0.15) is 0 Å². The fourth-order valence-electron chi connectivity index (χ4n) is 1.68. The molecule has 1 heterocycles. The Morgan fingerprint density at radius 2 is 1.71 bits per heavy atom. The Balaban J connectivity index is 0.00000288. The van der Waals surface area contributed by atoms with Gasteiger partial charge in [0, 0.05) is 17.9 Å². The number of guanidine groups is 1. The average molecular weight is 450 g/mol. The summed E-state index contributed by atoms with van der Waals surface area (Å²) in [5.74, 6) is -0.488. The van der Waals surface area contributed by atoms with Crippen molar-refractivity contribution in [3.63, 3.8) is 0 Å². The molecule has 0 fully saturated rings. The average Bonchev–Trinajstić information content (AvgIpc) is 2.89. The van der Waals surface area contributed by atoms with E-state index >= 15 is 0 Å². The summed E-state index contributed by atoms with van der Waals surface area (Å²) in [4.78, 5) is 19.3. The van der Waals surface area contributed by atoms with E-state index in [1.54, 1.807) is 5.38 Å². The van der Waals surface area contributed by atoms with Crippen LogP contribution in [0, 0.1) is 0 Å². The molecule has 6 nitrogen and oxygen atoms in total. The summed E-state index contributed by atoms with van der Waals surface area (Å²) in [5, 5.41) is 4.79. The number of amides is 1. The predicted octanol–water partition coefficient (Wildman–Crippen LogP) is 4.71. The molecule has 24 heavy (non-hydrogen) atoms. The van der Waals surface area contributed by atoms with Gasteiger partial charge < -0.3 is 16.8 Å². The van der Waals surface area contributed by atoms with Gasteiger partial charge in [-0.15, -0.1) is 23.7 Å². The molecule has 12 heteroatoms. The Morgan fingerprint density at radius 1 is 1.17 bits per heavy atom. The summed E-state index contributed by atoms with van der Waals surface area (Å²) < 4.78 is 0. The van der Waals surface area contributed by atoms with Crippen LogP contribution in [0.2, 0.25) is 20.1 Å². The molecule has 0 saturated carbocycles. The summed E-state index contributed by atoms with van der Waals surface area (Å²) in [5.41, 5.74) is 11.5. The van der Waals surface area contributed by atoms with E-state index in [9.17, 15) is 4.79 Å². The lowest BCUT2D eigenvalue weighted by Crippen LogP contribution is -2.21. The third kappa shape index (κ3) is 4.36. The van der Waals surface area contributed by atoms with Crippen molar-refractivity contribution in [2.24, 2.45) is 16.5 Å². The molecule has 5 N–H and O–H groups in total. The number of nitrogens with two attached hydrogens (primary N) is 2. The lowest BCUT2D eigenvalue weighted by Gasteiger charge is -2.14. The summed E-state index contributed by atoms with van der Waals surface area (Å²) in [6, 6.07) is 0. The molecule has 1 aromatic carbocycles. The summed E-state index contributed by atoms with van der Waals surface area (Å²) in [6.45, 7) is 1.31. The molecule has 0 spiro atoms. The van der Waals surface area contributed by atoms with Gasteiger partial charge in [0.05, 0.1) is 31.5 Å². The number of halogens is 5. The van der Waals surface area contributed by atoms with Crippen molar-refractivity contribution in [2.45, 2.75) is 6.92 Å². The van der Waals surface area contributed by atoms with E-state index < -0.39 is 0 Å². The van der Waals surface area contributed by atoms with Crippen molar-refractivity contribution < 1.29 is 4.79 Å². The molecule has 0 atom stereocenters. The minimum atomic E-state index is -0.364. The molecule has 2 rings (SSSR count). The van der Waals surface area contributed by atoms with E-state index in [0.29, 0.717) is 16.4 Å². The number of hydrogen-bond acceptors (Lipinski definition) is 4. The Labute approximate surface area is 167 Å². The van der Waals surface area contributed by atoms with Crippen LogP contribution in [0.15, 0.2) is 10.4 Å². The zero-order chi connectivity index (χ0) is 17.3. The van der Waals surface area contributed by atoms with E-state index in [1.165, 1.54) is 18.3 Å². The first kappa shape index (κ1) is 21.1. The fraction of sp³-hybridized carbons (Fsp3) is 0.0833. The molecular formula is C12H10Cl5N5OS. The van der Waals surface area contributed by atoms with Gasteiger partial charge in [0.25, 0.3) is 0 Å². The molecule has 0 unspecified atom stereocenters. The number of hydrogen-bond donors (Lipinski definition) is 3. The van der Waals surface area contributed by atoms with Crippen molar-refractivity contribution in [2.75, 3.05) is 5.32 Å². The van der Waals surface area contributed by atoms with Crippen LogP contribution in [0.1, 0.15) is 6.92 Å². The van der Waals surface area contributed by atoms with E-state index in [-0.39, 0.29) is 50.1 Å². The highest BCUT2D eigenvalue weighted by Crippen LogP contribution is 2.49. The van der Waals surface area contributed by atoms with Crippen molar-refractivity contribution in [3.8, 4) is 11.3 Å². The van der Waals surface area contributed by atoms with Gasteiger partial charge in [-0.05, 0) is 0 Å². The van der Waals surface area contributed by atoms with Crippen molar-refractivity contribution in [1.29, 1.82) is 0 Å². The zero-order valence-electron chi connectivity index (χ0n) is 11.9. The van der Waals surface area contributed by atoms with Crippen LogP contribution in [0.5, 0.6) is 0 Å². The Kier molecular flexibility index (Phi) is 7.40. The number of carbonyl (C=O) groups is 1. The monoisotopic (exact) mass is 447 g/mol. The number of thiazole rings is 1.